The van der Waals surface area contributed by atoms with Crippen molar-refractivity contribution in [3.8, 4) is 0 Å². The Morgan fingerprint density at radius 3 is 1.31 bits per heavy atom. The number of barbiturate groups is 1. The van der Waals surface area contributed by atoms with E-state index in [1.807, 2.05) is 121 Å². The van der Waals surface area contributed by atoms with Gasteiger partial charge in [-0.05, 0) is 22.3 Å². The van der Waals surface area contributed by atoms with Crippen LogP contribution in [0.4, 0.5) is 4.79 Å². The Kier molecular flexibility index (Phi) is 6.22. The van der Waals surface area contributed by atoms with E-state index in [1.54, 1.807) is 0 Å². The van der Waals surface area contributed by atoms with Crippen molar-refractivity contribution in [1.82, 2.24) is 10.2 Å². The standard InChI is InChI=1S/C30H24N2O3/c33-28-26(25(21-13-5-1-6-14-21)22-15-7-2-8-16-22)29(34)32(30(35)31-28)27(23-17-9-3-10-18-23)24-19-11-4-12-20-24/h1-20,25-27H,(H,31,33,35). The molecule has 1 aliphatic rings. The fraction of sp³-hybridized carbons (Fsp3) is 0.100. The quantitative estimate of drug-likeness (QED) is 0.397. The Morgan fingerprint density at radius 2 is 0.914 bits per heavy atom. The van der Waals surface area contributed by atoms with Crippen LogP contribution in [0.3, 0.4) is 0 Å². The lowest BCUT2D eigenvalue weighted by Crippen LogP contribution is -2.60. The van der Waals surface area contributed by atoms with E-state index in [2.05, 4.69) is 5.32 Å². The molecule has 35 heavy (non-hydrogen) atoms. The Hall–Kier alpha value is -4.51. The zero-order valence-electron chi connectivity index (χ0n) is 19.0. The van der Waals surface area contributed by atoms with Crippen LogP contribution < -0.4 is 5.32 Å². The summed E-state index contributed by atoms with van der Waals surface area (Å²) in [7, 11) is 0. The Labute approximate surface area is 204 Å². The first-order chi connectivity index (χ1) is 17.1. The number of benzene rings is 4. The monoisotopic (exact) mass is 460 g/mol. The largest absolute Gasteiger partial charge is 0.331 e. The first-order valence-electron chi connectivity index (χ1n) is 11.5. The third kappa shape index (κ3) is 4.36. The first kappa shape index (κ1) is 22.3. The molecule has 1 saturated heterocycles. The predicted molar refractivity (Wildman–Crippen MR) is 133 cm³/mol. The Morgan fingerprint density at radius 1 is 0.543 bits per heavy atom. The summed E-state index contributed by atoms with van der Waals surface area (Å²) in [6.07, 6.45) is 0. The number of hydrogen-bond acceptors (Lipinski definition) is 3. The van der Waals surface area contributed by atoms with Gasteiger partial charge in [-0.25, -0.2) is 4.79 Å². The highest BCUT2D eigenvalue weighted by atomic mass is 16.2. The van der Waals surface area contributed by atoms with Crippen LogP contribution >= 0.6 is 0 Å². The zero-order valence-corrected chi connectivity index (χ0v) is 19.0. The molecular weight excluding hydrogens is 436 g/mol. The molecule has 1 unspecified atom stereocenters. The van der Waals surface area contributed by atoms with E-state index >= 15 is 0 Å². The van der Waals surface area contributed by atoms with Gasteiger partial charge in [-0.3, -0.25) is 19.8 Å². The van der Waals surface area contributed by atoms with Crippen LogP contribution in [-0.2, 0) is 9.59 Å². The molecule has 1 heterocycles. The maximum atomic E-state index is 14.2. The zero-order chi connectivity index (χ0) is 24.2. The summed E-state index contributed by atoms with van der Waals surface area (Å²) in [5.74, 6) is -2.76. The van der Waals surface area contributed by atoms with Crippen molar-refractivity contribution in [1.29, 1.82) is 0 Å². The molecule has 4 aromatic rings. The molecular formula is C30H24N2O3. The molecule has 5 nitrogen and oxygen atoms in total. The van der Waals surface area contributed by atoms with Crippen LogP contribution in [0.1, 0.15) is 34.2 Å². The van der Waals surface area contributed by atoms with Crippen molar-refractivity contribution in [2.45, 2.75) is 12.0 Å². The third-order valence-electron chi connectivity index (χ3n) is 6.37. The van der Waals surface area contributed by atoms with Crippen molar-refractivity contribution in [3.05, 3.63) is 144 Å². The number of hydrogen-bond donors (Lipinski definition) is 1. The molecule has 0 aliphatic carbocycles. The topological polar surface area (TPSA) is 66.5 Å². The Bertz CT molecular complexity index is 1140. The van der Waals surface area contributed by atoms with Gasteiger partial charge in [0.05, 0.1) is 6.04 Å². The van der Waals surface area contributed by atoms with E-state index in [9.17, 15) is 14.4 Å². The van der Waals surface area contributed by atoms with Gasteiger partial charge < -0.3 is 0 Å². The summed E-state index contributed by atoms with van der Waals surface area (Å²) >= 11 is 0. The smallest absolute Gasteiger partial charge is 0.277 e. The van der Waals surface area contributed by atoms with Gasteiger partial charge in [0.2, 0.25) is 11.8 Å². The van der Waals surface area contributed by atoms with Gasteiger partial charge >= 0.3 is 6.03 Å². The lowest BCUT2D eigenvalue weighted by Gasteiger charge is -2.39. The van der Waals surface area contributed by atoms with Gasteiger partial charge in [0.25, 0.3) is 0 Å². The molecule has 5 heteroatoms. The highest BCUT2D eigenvalue weighted by molar-refractivity contribution is 6.17. The van der Waals surface area contributed by atoms with E-state index in [4.69, 9.17) is 0 Å². The second-order valence-corrected chi connectivity index (χ2v) is 8.50. The minimum absolute atomic E-state index is 0.519. The van der Waals surface area contributed by atoms with E-state index in [0.717, 1.165) is 22.3 Å². The summed E-state index contributed by atoms with van der Waals surface area (Å²) in [6, 6.07) is 36.4. The summed E-state index contributed by atoms with van der Waals surface area (Å²) in [4.78, 5) is 41.9. The summed E-state index contributed by atoms with van der Waals surface area (Å²) in [5, 5.41) is 2.48. The van der Waals surface area contributed by atoms with E-state index in [-0.39, 0.29) is 0 Å². The predicted octanol–water partition coefficient (Wildman–Crippen LogP) is 5.30. The van der Waals surface area contributed by atoms with Crippen LogP contribution in [0.2, 0.25) is 0 Å². The summed E-state index contributed by atoms with van der Waals surface area (Å²) in [6.45, 7) is 0. The van der Waals surface area contributed by atoms with E-state index in [0.29, 0.717) is 0 Å². The molecule has 172 valence electrons. The van der Waals surface area contributed by atoms with Gasteiger partial charge in [0.15, 0.2) is 0 Å². The van der Waals surface area contributed by atoms with Gasteiger partial charge in [-0.2, -0.15) is 0 Å². The summed E-state index contributed by atoms with van der Waals surface area (Å²) in [5.41, 5.74) is 3.23. The average molecular weight is 461 g/mol. The number of imide groups is 2. The molecule has 1 N–H and O–H groups in total. The maximum Gasteiger partial charge on any atom is 0.331 e. The number of urea groups is 1. The van der Waals surface area contributed by atoms with Crippen LogP contribution in [0.5, 0.6) is 0 Å². The van der Waals surface area contributed by atoms with Crippen molar-refractivity contribution in [2.75, 3.05) is 0 Å². The first-order valence-corrected chi connectivity index (χ1v) is 11.5. The highest BCUT2D eigenvalue weighted by Gasteiger charge is 2.48. The fourth-order valence-corrected chi connectivity index (χ4v) is 4.80. The lowest BCUT2D eigenvalue weighted by molar-refractivity contribution is -0.144. The highest BCUT2D eigenvalue weighted by Crippen LogP contribution is 2.38. The van der Waals surface area contributed by atoms with Crippen molar-refractivity contribution in [3.63, 3.8) is 0 Å². The second kappa shape index (κ2) is 9.77. The molecule has 4 aromatic carbocycles. The lowest BCUT2D eigenvalue weighted by atomic mass is 9.78. The number of amides is 4. The van der Waals surface area contributed by atoms with Crippen LogP contribution in [0, 0.1) is 5.92 Å². The van der Waals surface area contributed by atoms with Gasteiger partial charge in [-0.15, -0.1) is 0 Å². The molecule has 1 aliphatic heterocycles. The molecule has 1 fully saturated rings. The molecule has 0 spiro atoms. The molecule has 0 saturated carbocycles. The van der Waals surface area contributed by atoms with Gasteiger partial charge in [0, 0.05) is 5.92 Å². The third-order valence-corrected chi connectivity index (χ3v) is 6.37. The minimum Gasteiger partial charge on any atom is -0.277 e. The molecule has 0 aromatic heterocycles. The SMILES string of the molecule is O=C1NC(=O)N(C(c2ccccc2)c2ccccc2)C(=O)C1C(c1ccccc1)c1ccccc1. The van der Waals surface area contributed by atoms with Crippen molar-refractivity contribution >= 4 is 17.8 Å². The number of carbonyl (C=O) groups is 3. The molecule has 5 rings (SSSR count). The van der Waals surface area contributed by atoms with E-state index in [1.165, 1.54) is 4.90 Å². The van der Waals surface area contributed by atoms with Crippen LogP contribution in [0.25, 0.3) is 0 Å². The van der Waals surface area contributed by atoms with Gasteiger partial charge in [0.1, 0.15) is 5.92 Å². The number of rotatable bonds is 6. The Balaban J connectivity index is 1.64. The minimum atomic E-state index is -1.10. The van der Waals surface area contributed by atoms with Crippen LogP contribution in [-0.4, -0.2) is 22.7 Å². The number of nitrogens with zero attached hydrogens (tertiary/aromatic N) is 1. The average Bonchev–Trinajstić information content (AvgIpc) is 2.91. The van der Waals surface area contributed by atoms with Crippen molar-refractivity contribution in [2.24, 2.45) is 5.92 Å². The molecule has 0 bridgehead atoms. The summed E-state index contributed by atoms with van der Waals surface area (Å²) < 4.78 is 0. The number of carbonyl (C=O) groups excluding carboxylic acids is 3. The van der Waals surface area contributed by atoms with E-state index < -0.39 is 35.7 Å². The number of nitrogens with one attached hydrogen (secondary N) is 1. The molecule has 0 radical (unpaired) electrons. The van der Waals surface area contributed by atoms with Crippen molar-refractivity contribution < 1.29 is 14.4 Å². The normalized spacial score (nSPS) is 16.0. The van der Waals surface area contributed by atoms with Gasteiger partial charge in [-0.1, -0.05) is 121 Å². The molecule has 4 amide bonds. The molecule has 1 atom stereocenters. The maximum absolute atomic E-state index is 14.2. The second-order valence-electron chi connectivity index (χ2n) is 8.50. The van der Waals surface area contributed by atoms with Crippen LogP contribution in [0.15, 0.2) is 121 Å². The fourth-order valence-electron chi connectivity index (χ4n) is 4.80.